The Labute approximate surface area is 134 Å². The largest absolute Gasteiger partial charge is 0.352 e. The second kappa shape index (κ2) is 7.40. The van der Waals surface area contributed by atoms with E-state index < -0.39 is 0 Å². The fourth-order valence-electron chi connectivity index (χ4n) is 2.15. The fourth-order valence-corrected chi connectivity index (χ4v) is 2.47. The molecule has 0 saturated heterocycles. The number of amides is 1. The van der Waals surface area contributed by atoms with Gasteiger partial charge in [0.1, 0.15) is 11.0 Å². The molecule has 0 atom stereocenters. The first-order valence-corrected chi connectivity index (χ1v) is 7.66. The number of carbonyl (C=O) groups is 1. The third-order valence-corrected chi connectivity index (χ3v) is 3.74. The minimum Gasteiger partial charge on any atom is -0.352 e. The Morgan fingerprint density at radius 1 is 1.36 bits per heavy atom. The summed E-state index contributed by atoms with van der Waals surface area (Å²) in [5.41, 5.74) is 1.85. The number of carbonyl (C=O) groups excluding carboxylic acids is 1. The highest BCUT2D eigenvalue weighted by Gasteiger charge is 2.19. The lowest BCUT2D eigenvalue weighted by Gasteiger charge is -2.05. The molecule has 2 aromatic rings. The van der Waals surface area contributed by atoms with Crippen LogP contribution in [0.25, 0.3) is 0 Å². The minimum atomic E-state index is -0.289. The van der Waals surface area contributed by atoms with Crippen molar-refractivity contribution in [3.05, 3.63) is 52.1 Å². The SMILES string of the molecule is CCCCNC(=O)c1c(C)nn(Cc2ccc(F)cc2)c1Cl. The van der Waals surface area contributed by atoms with Gasteiger partial charge in [-0.2, -0.15) is 5.10 Å². The van der Waals surface area contributed by atoms with E-state index in [1.165, 1.54) is 12.1 Å². The number of hydrogen-bond donors (Lipinski definition) is 1. The second-order valence-corrected chi connectivity index (χ2v) is 5.50. The van der Waals surface area contributed by atoms with Crippen molar-refractivity contribution < 1.29 is 9.18 Å². The molecule has 0 fully saturated rings. The summed E-state index contributed by atoms with van der Waals surface area (Å²) in [6.07, 6.45) is 1.93. The van der Waals surface area contributed by atoms with Crippen LogP contribution in [-0.2, 0) is 6.54 Å². The number of halogens is 2. The van der Waals surface area contributed by atoms with Crippen LogP contribution in [0.4, 0.5) is 4.39 Å². The Morgan fingerprint density at radius 3 is 2.68 bits per heavy atom. The lowest BCUT2D eigenvalue weighted by atomic mass is 10.2. The Morgan fingerprint density at radius 2 is 2.05 bits per heavy atom. The number of nitrogens with one attached hydrogen (secondary N) is 1. The zero-order chi connectivity index (χ0) is 16.1. The molecule has 6 heteroatoms. The van der Waals surface area contributed by atoms with E-state index in [4.69, 9.17) is 11.6 Å². The Bertz CT molecular complexity index is 652. The molecule has 0 aliphatic heterocycles. The third-order valence-electron chi connectivity index (χ3n) is 3.35. The standard InChI is InChI=1S/C16H19ClFN3O/c1-3-4-9-19-16(22)14-11(2)20-21(15(14)17)10-12-5-7-13(18)8-6-12/h5-8H,3-4,9-10H2,1-2H3,(H,19,22). The average Bonchev–Trinajstić information content (AvgIpc) is 2.76. The molecule has 118 valence electrons. The predicted octanol–water partition coefficient (Wildman–Crippen LogP) is 3.56. The summed E-state index contributed by atoms with van der Waals surface area (Å²) in [6, 6.07) is 6.11. The van der Waals surface area contributed by atoms with Crippen molar-refractivity contribution in [2.24, 2.45) is 0 Å². The van der Waals surface area contributed by atoms with E-state index >= 15 is 0 Å². The zero-order valence-corrected chi connectivity index (χ0v) is 13.5. The molecule has 2 rings (SSSR count). The first-order chi connectivity index (χ1) is 10.5. The monoisotopic (exact) mass is 323 g/mol. The average molecular weight is 324 g/mol. The molecule has 0 spiro atoms. The van der Waals surface area contributed by atoms with E-state index in [1.807, 2.05) is 0 Å². The van der Waals surface area contributed by atoms with Crippen LogP contribution in [0.1, 0.15) is 41.4 Å². The molecule has 0 aliphatic rings. The first-order valence-electron chi connectivity index (χ1n) is 7.28. The van der Waals surface area contributed by atoms with Crippen molar-refractivity contribution in [1.29, 1.82) is 0 Å². The van der Waals surface area contributed by atoms with Crippen molar-refractivity contribution in [2.75, 3.05) is 6.54 Å². The lowest BCUT2D eigenvalue weighted by molar-refractivity contribution is 0.0952. The summed E-state index contributed by atoms with van der Waals surface area (Å²) in [5.74, 6) is -0.496. The second-order valence-electron chi connectivity index (χ2n) is 5.14. The van der Waals surface area contributed by atoms with E-state index in [1.54, 1.807) is 23.7 Å². The minimum absolute atomic E-state index is 0.207. The molecule has 1 aromatic heterocycles. The molecule has 4 nitrogen and oxygen atoms in total. The molecule has 1 amide bonds. The van der Waals surface area contributed by atoms with Gasteiger partial charge in [0, 0.05) is 6.54 Å². The van der Waals surface area contributed by atoms with E-state index in [-0.39, 0.29) is 11.7 Å². The van der Waals surface area contributed by atoms with Gasteiger partial charge in [0.05, 0.1) is 17.8 Å². The molecule has 22 heavy (non-hydrogen) atoms. The predicted molar refractivity (Wildman–Crippen MR) is 84.7 cm³/mol. The van der Waals surface area contributed by atoms with E-state index in [9.17, 15) is 9.18 Å². The van der Waals surface area contributed by atoms with Crippen LogP contribution in [-0.4, -0.2) is 22.2 Å². The van der Waals surface area contributed by atoms with Gasteiger partial charge in [-0.1, -0.05) is 37.1 Å². The van der Waals surface area contributed by atoms with Crippen LogP contribution in [0.5, 0.6) is 0 Å². The van der Waals surface area contributed by atoms with Gasteiger partial charge in [-0.3, -0.25) is 4.79 Å². The molecular weight excluding hydrogens is 305 g/mol. The van der Waals surface area contributed by atoms with E-state index in [0.717, 1.165) is 18.4 Å². The maximum atomic E-state index is 12.9. The van der Waals surface area contributed by atoms with Gasteiger partial charge in [0.25, 0.3) is 5.91 Å². The van der Waals surface area contributed by atoms with Gasteiger partial charge >= 0.3 is 0 Å². The molecule has 1 heterocycles. The smallest absolute Gasteiger partial charge is 0.256 e. The lowest BCUT2D eigenvalue weighted by Crippen LogP contribution is -2.25. The van der Waals surface area contributed by atoms with Crippen LogP contribution in [0, 0.1) is 12.7 Å². The summed E-state index contributed by atoms with van der Waals surface area (Å²) in [4.78, 5) is 12.2. The molecule has 1 N–H and O–H groups in total. The third kappa shape index (κ3) is 3.85. The van der Waals surface area contributed by atoms with Crippen molar-refractivity contribution in [3.8, 4) is 0 Å². The fraction of sp³-hybridized carbons (Fsp3) is 0.375. The highest BCUT2D eigenvalue weighted by atomic mass is 35.5. The number of nitrogens with zero attached hydrogens (tertiary/aromatic N) is 2. The zero-order valence-electron chi connectivity index (χ0n) is 12.7. The Balaban J connectivity index is 2.15. The van der Waals surface area contributed by atoms with Gasteiger partial charge in [-0.15, -0.1) is 0 Å². The number of unbranched alkanes of at least 4 members (excludes halogenated alkanes) is 1. The van der Waals surface area contributed by atoms with Gasteiger partial charge in [0.2, 0.25) is 0 Å². The van der Waals surface area contributed by atoms with Gasteiger partial charge in [-0.25, -0.2) is 9.07 Å². The number of aryl methyl sites for hydroxylation is 1. The Hall–Kier alpha value is -1.88. The molecule has 0 bridgehead atoms. The maximum absolute atomic E-state index is 12.9. The van der Waals surface area contributed by atoms with Gasteiger partial charge in [0.15, 0.2) is 0 Å². The van der Waals surface area contributed by atoms with Crippen molar-refractivity contribution in [3.63, 3.8) is 0 Å². The van der Waals surface area contributed by atoms with Crippen LogP contribution < -0.4 is 5.32 Å². The molecule has 1 aromatic carbocycles. The maximum Gasteiger partial charge on any atom is 0.256 e. The van der Waals surface area contributed by atoms with Crippen molar-refractivity contribution in [1.82, 2.24) is 15.1 Å². The Kier molecular flexibility index (Phi) is 5.55. The topological polar surface area (TPSA) is 46.9 Å². The highest BCUT2D eigenvalue weighted by Crippen LogP contribution is 2.21. The van der Waals surface area contributed by atoms with Crippen LogP contribution in [0.3, 0.4) is 0 Å². The molecule has 0 unspecified atom stereocenters. The summed E-state index contributed by atoms with van der Waals surface area (Å²) < 4.78 is 14.5. The molecule has 0 radical (unpaired) electrons. The van der Waals surface area contributed by atoms with E-state index in [0.29, 0.717) is 29.5 Å². The molecule has 0 saturated carbocycles. The number of rotatable bonds is 6. The summed E-state index contributed by atoms with van der Waals surface area (Å²) in [5, 5.41) is 7.45. The summed E-state index contributed by atoms with van der Waals surface area (Å²) in [6.45, 7) is 4.82. The summed E-state index contributed by atoms with van der Waals surface area (Å²) in [7, 11) is 0. The van der Waals surface area contributed by atoms with Crippen LogP contribution in [0.15, 0.2) is 24.3 Å². The number of benzene rings is 1. The van der Waals surface area contributed by atoms with Crippen LogP contribution >= 0.6 is 11.6 Å². The number of aromatic nitrogens is 2. The van der Waals surface area contributed by atoms with Gasteiger partial charge in [-0.05, 0) is 31.0 Å². The van der Waals surface area contributed by atoms with Gasteiger partial charge < -0.3 is 5.32 Å². The summed E-state index contributed by atoms with van der Waals surface area (Å²) >= 11 is 6.28. The molecular formula is C16H19ClFN3O. The van der Waals surface area contributed by atoms with Crippen molar-refractivity contribution in [2.45, 2.75) is 33.2 Å². The highest BCUT2D eigenvalue weighted by molar-refractivity contribution is 6.33. The number of hydrogen-bond acceptors (Lipinski definition) is 2. The normalized spacial score (nSPS) is 10.7. The quantitative estimate of drug-likeness (QED) is 0.826. The molecule has 0 aliphatic carbocycles. The van der Waals surface area contributed by atoms with Crippen LogP contribution in [0.2, 0.25) is 5.15 Å². The van der Waals surface area contributed by atoms with E-state index in [2.05, 4.69) is 17.3 Å². The van der Waals surface area contributed by atoms with Crippen molar-refractivity contribution >= 4 is 17.5 Å². The first kappa shape index (κ1) is 16.5.